The molecule has 0 saturated carbocycles. The Morgan fingerprint density at radius 2 is 1.94 bits per heavy atom. The third-order valence-electron chi connectivity index (χ3n) is 5.36. The van der Waals surface area contributed by atoms with Crippen molar-refractivity contribution in [3.05, 3.63) is 60.3 Å². The van der Waals surface area contributed by atoms with Crippen molar-refractivity contribution in [3.63, 3.8) is 0 Å². The highest BCUT2D eigenvalue weighted by Gasteiger charge is 2.31. The van der Waals surface area contributed by atoms with E-state index in [4.69, 9.17) is 0 Å². The van der Waals surface area contributed by atoms with Crippen molar-refractivity contribution in [2.75, 3.05) is 28.2 Å². The van der Waals surface area contributed by atoms with E-state index >= 15 is 0 Å². The lowest BCUT2D eigenvalue weighted by Gasteiger charge is -2.28. The van der Waals surface area contributed by atoms with Crippen molar-refractivity contribution in [2.45, 2.75) is 26.3 Å². The molecule has 7 nitrogen and oxygen atoms in total. The standard InChI is InChI=1S/C22H21F3N6O/c1-3-30-9-6-13(2)31(22(32)29-19-12-26-7-8-27-19)21-18(30)5-4-17(28-21)14-10-15(23)20(25)16(24)11-14/h4-5,7-8,10-13H,3,6,9H2,1-2H3,(H,27,29,32)/t13-/m1/s1. The number of carbonyl (C=O) groups excluding carboxylic acids is 1. The number of hydrogen-bond donors (Lipinski definition) is 1. The molecule has 0 spiro atoms. The molecule has 32 heavy (non-hydrogen) atoms. The van der Waals surface area contributed by atoms with Crippen molar-refractivity contribution in [1.82, 2.24) is 15.0 Å². The molecule has 10 heteroatoms. The van der Waals surface area contributed by atoms with Gasteiger partial charge in [-0.3, -0.25) is 15.2 Å². The number of pyridine rings is 1. The minimum Gasteiger partial charge on any atom is -0.369 e. The normalized spacial score (nSPS) is 15.8. The Morgan fingerprint density at radius 3 is 2.59 bits per heavy atom. The molecule has 0 saturated heterocycles. The van der Waals surface area contributed by atoms with Crippen molar-refractivity contribution in [3.8, 4) is 11.3 Å². The number of benzene rings is 1. The Balaban J connectivity index is 1.80. The number of nitrogens with one attached hydrogen (secondary N) is 1. The number of aromatic nitrogens is 3. The number of amides is 2. The summed E-state index contributed by atoms with van der Waals surface area (Å²) in [6.07, 6.45) is 5.05. The van der Waals surface area contributed by atoms with Crippen LogP contribution in [0.5, 0.6) is 0 Å². The van der Waals surface area contributed by atoms with Gasteiger partial charge in [-0.05, 0) is 44.5 Å². The number of carbonyl (C=O) groups is 1. The second kappa shape index (κ2) is 8.81. The minimum atomic E-state index is -1.54. The molecule has 4 rings (SSSR count). The smallest absolute Gasteiger partial charge is 0.329 e. The number of rotatable bonds is 3. The third-order valence-corrected chi connectivity index (χ3v) is 5.36. The molecule has 0 aliphatic carbocycles. The lowest BCUT2D eigenvalue weighted by molar-refractivity contribution is 0.255. The van der Waals surface area contributed by atoms with Crippen molar-refractivity contribution in [2.24, 2.45) is 0 Å². The van der Waals surface area contributed by atoms with Gasteiger partial charge < -0.3 is 4.90 Å². The predicted octanol–water partition coefficient (Wildman–Crippen LogP) is 4.61. The van der Waals surface area contributed by atoms with Crippen molar-refractivity contribution in [1.29, 1.82) is 0 Å². The van der Waals surface area contributed by atoms with Crippen LogP contribution < -0.4 is 15.1 Å². The quantitative estimate of drug-likeness (QED) is 0.600. The van der Waals surface area contributed by atoms with E-state index in [1.807, 2.05) is 13.8 Å². The van der Waals surface area contributed by atoms with E-state index in [9.17, 15) is 18.0 Å². The number of halogens is 3. The van der Waals surface area contributed by atoms with Gasteiger partial charge in [0, 0.05) is 37.1 Å². The largest absolute Gasteiger partial charge is 0.369 e. The van der Waals surface area contributed by atoms with Crippen LogP contribution in [0.4, 0.5) is 35.3 Å². The average molecular weight is 442 g/mol. The van der Waals surface area contributed by atoms with E-state index in [0.717, 1.165) is 12.1 Å². The molecular formula is C22H21F3N6O. The Bertz CT molecular complexity index is 1120. The van der Waals surface area contributed by atoms with Gasteiger partial charge in [0.2, 0.25) is 0 Å². The van der Waals surface area contributed by atoms with E-state index in [0.29, 0.717) is 31.0 Å². The van der Waals surface area contributed by atoms with Crippen LogP contribution in [0.2, 0.25) is 0 Å². The first-order chi connectivity index (χ1) is 15.4. The molecule has 0 radical (unpaired) electrons. The van der Waals surface area contributed by atoms with E-state index in [-0.39, 0.29) is 23.1 Å². The zero-order valence-corrected chi connectivity index (χ0v) is 17.5. The fourth-order valence-corrected chi connectivity index (χ4v) is 3.69. The first-order valence-electron chi connectivity index (χ1n) is 10.2. The van der Waals surface area contributed by atoms with Crippen LogP contribution in [0.15, 0.2) is 42.9 Å². The Labute approximate surface area is 182 Å². The lowest BCUT2D eigenvalue weighted by Crippen LogP contribution is -2.42. The first kappa shape index (κ1) is 21.5. The highest BCUT2D eigenvalue weighted by Crippen LogP contribution is 2.36. The fraction of sp³-hybridized carbons (Fsp3) is 0.273. The zero-order valence-electron chi connectivity index (χ0n) is 17.5. The monoisotopic (exact) mass is 442 g/mol. The topological polar surface area (TPSA) is 74.2 Å². The van der Waals surface area contributed by atoms with Gasteiger partial charge in [0.15, 0.2) is 29.1 Å². The van der Waals surface area contributed by atoms with Crippen LogP contribution >= 0.6 is 0 Å². The van der Waals surface area contributed by atoms with Crippen LogP contribution in [0.1, 0.15) is 20.3 Å². The first-order valence-corrected chi connectivity index (χ1v) is 10.2. The summed E-state index contributed by atoms with van der Waals surface area (Å²) in [5, 5.41) is 2.71. The molecule has 3 aromatic rings. The SMILES string of the molecule is CCN1CC[C@@H](C)N(C(=O)Nc2cnccn2)c2nc(-c3cc(F)c(F)c(F)c3)ccc21. The molecule has 0 unspecified atom stereocenters. The van der Waals surface area contributed by atoms with Gasteiger partial charge in [-0.15, -0.1) is 0 Å². The highest BCUT2D eigenvalue weighted by atomic mass is 19.2. The average Bonchev–Trinajstić information content (AvgIpc) is 2.92. The van der Waals surface area contributed by atoms with Crippen LogP contribution in [-0.2, 0) is 0 Å². The molecule has 1 atom stereocenters. The molecule has 1 N–H and O–H groups in total. The van der Waals surface area contributed by atoms with Crippen LogP contribution in [0, 0.1) is 17.5 Å². The zero-order chi connectivity index (χ0) is 22.8. The molecule has 2 amide bonds. The van der Waals surface area contributed by atoms with Crippen molar-refractivity contribution >= 4 is 23.4 Å². The summed E-state index contributed by atoms with van der Waals surface area (Å²) in [5.74, 6) is -3.54. The van der Waals surface area contributed by atoms with E-state index in [2.05, 4.69) is 25.2 Å². The third kappa shape index (κ3) is 4.08. The molecule has 3 heterocycles. The van der Waals surface area contributed by atoms with Crippen molar-refractivity contribution < 1.29 is 18.0 Å². The fourth-order valence-electron chi connectivity index (χ4n) is 3.69. The lowest BCUT2D eigenvalue weighted by atomic mass is 10.1. The van der Waals surface area contributed by atoms with Gasteiger partial charge in [-0.25, -0.2) is 27.9 Å². The molecule has 1 aliphatic rings. The maximum Gasteiger partial charge on any atom is 0.329 e. The summed E-state index contributed by atoms with van der Waals surface area (Å²) in [5.41, 5.74) is 0.986. The summed E-state index contributed by atoms with van der Waals surface area (Å²) >= 11 is 0. The highest BCUT2D eigenvalue weighted by molar-refractivity contribution is 6.03. The summed E-state index contributed by atoms with van der Waals surface area (Å²) in [6, 6.07) is 4.43. The van der Waals surface area contributed by atoms with E-state index in [1.54, 1.807) is 12.1 Å². The Hall–Kier alpha value is -3.69. The summed E-state index contributed by atoms with van der Waals surface area (Å²) in [6.45, 7) is 5.26. The number of fused-ring (bicyclic) bond motifs is 1. The van der Waals surface area contributed by atoms with Crippen LogP contribution in [0.25, 0.3) is 11.3 Å². The number of urea groups is 1. The van der Waals surface area contributed by atoms with Gasteiger partial charge in [0.25, 0.3) is 0 Å². The van der Waals surface area contributed by atoms with E-state index < -0.39 is 23.5 Å². The number of nitrogens with zero attached hydrogens (tertiary/aromatic N) is 5. The Morgan fingerprint density at radius 1 is 1.19 bits per heavy atom. The van der Waals surface area contributed by atoms with Gasteiger partial charge >= 0.3 is 6.03 Å². The van der Waals surface area contributed by atoms with Gasteiger partial charge in [0.05, 0.1) is 17.6 Å². The van der Waals surface area contributed by atoms with E-state index in [1.165, 1.54) is 23.5 Å². The molecule has 0 bridgehead atoms. The summed E-state index contributed by atoms with van der Waals surface area (Å²) in [4.78, 5) is 29.4. The molecule has 2 aromatic heterocycles. The maximum absolute atomic E-state index is 13.8. The second-order valence-electron chi connectivity index (χ2n) is 7.40. The number of anilines is 3. The van der Waals surface area contributed by atoms with Gasteiger partial charge in [-0.1, -0.05) is 0 Å². The molecule has 1 aromatic carbocycles. The molecule has 1 aliphatic heterocycles. The summed E-state index contributed by atoms with van der Waals surface area (Å²) < 4.78 is 41.1. The second-order valence-corrected chi connectivity index (χ2v) is 7.40. The molecule has 166 valence electrons. The van der Waals surface area contributed by atoms with Gasteiger partial charge in [0.1, 0.15) is 0 Å². The number of hydrogen-bond acceptors (Lipinski definition) is 5. The van der Waals surface area contributed by atoms with Gasteiger partial charge in [-0.2, -0.15) is 0 Å². The van der Waals surface area contributed by atoms with Crippen LogP contribution in [0.3, 0.4) is 0 Å². The molecule has 0 fully saturated rings. The minimum absolute atomic E-state index is 0.0680. The Kier molecular flexibility index (Phi) is 5.93. The predicted molar refractivity (Wildman–Crippen MR) is 115 cm³/mol. The molecular weight excluding hydrogens is 421 g/mol. The van der Waals surface area contributed by atoms with Crippen LogP contribution in [-0.4, -0.2) is 40.1 Å². The summed E-state index contributed by atoms with van der Waals surface area (Å²) in [7, 11) is 0. The maximum atomic E-state index is 13.8.